The van der Waals surface area contributed by atoms with Crippen LogP contribution >= 0.6 is 0 Å². The largest absolute Gasteiger partial charge is 0.388 e. The lowest BCUT2D eigenvalue weighted by atomic mass is 9.85. The highest BCUT2D eigenvalue weighted by Gasteiger charge is 2.29. The first-order valence-electron chi connectivity index (χ1n) is 6.66. The van der Waals surface area contributed by atoms with E-state index in [9.17, 15) is 9.50 Å². The number of nitrogens with zero attached hydrogens (tertiary/aromatic N) is 3. The van der Waals surface area contributed by atoms with Gasteiger partial charge in [0.1, 0.15) is 0 Å². The minimum absolute atomic E-state index is 0.244. The molecule has 6 heteroatoms. The molecule has 1 aromatic heterocycles. The predicted molar refractivity (Wildman–Crippen MR) is 72.8 cm³/mol. The average molecular weight is 268 g/mol. The van der Waals surface area contributed by atoms with Crippen LogP contribution in [0.25, 0.3) is 0 Å². The molecule has 5 nitrogen and oxygen atoms in total. The Hall–Kier alpha value is -1.43. The van der Waals surface area contributed by atoms with E-state index < -0.39 is 11.4 Å². The van der Waals surface area contributed by atoms with Crippen molar-refractivity contribution in [2.75, 3.05) is 30.9 Å². The summed E-state index contributed by atoms with van der Waals surface area (Å²) in [6.07, 6.45) is 6.01. The number of nitrogens with one attached hydrogen (secondary N) is 1. The molecule has 0 unspecified atom stereocenters. The second kappa shape index (κ2) is 5.69. The van der Waals surface area contributed by atoms with Gasteiger partial charge in [0.15, 0.2) is 11.6 Å². The molecule has 19 heavy (non-hydrogen) atoms. The van der Waals surface area contributed by atoms with Gasteiger partial charge in [0, 0.05) is 20.6 Å². The van der Waals surface area contributed by atoms with E-state index in [4.69, 9.17) is 0 Å². The van der Waals surface area contributed by atoms with Crippen molar-refractivity contribution in [1.29, 1.82) is 0 Å². The van der Waals surface area contributed by atoms with Gasteiger partial charge in [-0.05, 0) is 12.8 Å². The molecule has 1 heterocycles. The van der Waals surface area contributed by atoms with E-state index in [1.807, 2.05) is 0 Å². The third-order valence-electron chi connectivity index (χ3n) is 3.51. The fourth-order valence-corrected chi connectivity index (χ4v) is 2.39. The van der Waals surface area contributed by atoms with Gasteiger partial charge >= 0.3 is 0 Å². The Labute approximate surface area is 112 Å². The zero-order valence-electron chi connectivity index (χ0n) is 11.5. The monoisotopic (exact) mass is 268 g/mol. The number of hydrogen-bond donors (Lipinski definition) is 2. The summed E-state index contributed by atoms with van der Waals surface area (Å²) in [5.41, 5.74) is -0.686. The second-order valence-corrected chi connectivity index (χ2v) is 5.40. The van der Waals surface area contributed by atoms with Crippen molar-refractivity contribution in [2.45, 2.75) is 37.7 Å². The van der Waals surface area contributed by atoms with E-state index in [0.717, 1.165) is 31.9 Å². The molecule has 0 aromatic carbocycles. The summed E-state index contributed by atoms with van der Waals surface area (Å²) < 4.78 is 13.4. The highest BCUT2D eigenvalue weighted by Crippen LogP contribution is 2.28. The summed E-state index contributed by atoms with van der Waals surface area (Å²) in [4.78, 5) is 9.60. The molecule has 0 spiro atoms. The molecule has 0 aliphatic heterocycles. The van der Waals surface area contributed by atoms with Crippen molar-refractivity contribution in [1.82, 2.24) is 9.97 Å². The van der Waals surface area contributed by atoms with Gasteiger partial charge in [-0.1, -0.05) is 19.3 Å². The first-order valence-corrected chi connectivity index (χ1v) is 6.66. The van der Waals surface area contributed by atoms with Gasteiger partial charge in [-0.2, -0.15) is 4.98 Å². The van der Waals surface area contributed by atoms with Crippen molar-refractivity contribution in [3.8, 4) is 0 Å². The fraction of sp³-hybridized carbons (Fsp3) is 0.692. The van der Waals surface area contributed by atoms with Crippen LogP contribution in [0, 0.1) is 5.82 Å². The zero-order valence-corrected chi connectivity index (χ0v) is 11.5. The van der Waals surface area contributed by atoms with Crippen molar-refractivity contribution in [3.05, 3.63) is 12.0 Å². The molecular formula is C13H21FN4O. The zero-order chi connectivity index (χ0) is 13.9. The molecule has 2 rings (SSSR count). The van der Waals surface area contributed by atoms with Crippen LogP contribution in [-0.2, 0) is 0 Å². The van der Waals surface area contributed by atoms with Gasteiger partial charge in [0.2, 0.25) is 5.95 Å². The molecule has 0 amide bonds. The molecule has 1 aliphatic rings. The van der Waals surface area contributed by atoms with Crippen molar-refractivity contribution in [2.24, 2.45) is 0 Å². The Bertz CT molecular complexity index is 433. The molecule has 2 N–H and O–H groups in total. The third-order valence-corrected chi connectivity index (χ3v) is 3.51. The molecule has 1 aliphatic carbocycles. The average Bonchev–Trinajstić information content (AvgIpc) is 2.38. The Morgan fingerprint density at radius 2 is 2.05 bits per heavy atom. The fourth-order valence-electron chi connectivity index (χ4n) is 2.39. The molecular weight excluding hydrogens is 247 g/mol. The van der Waals surface area contributed by atoms with Crippen LogP contribution in [0.5, 0.6) is 0 Å². The predicted octanol–water partition coefficient (Wildman–Crippen LogP) is 1.79. The first kappa shape index (κ1) is 14.0. The maximum absolute atomic E-state index is 13.4. The molecule has 0 atom stereocenters. The highest BCUT2D eigenvalue weighted by atomic mass is 19.1. The van der Waals surface area contributed by atoms with Crippen LogP contribution in [0.3, 0.4) is 0 Å². The summed E-state index contributed by atoms with van der Waals surface area (Å²) in [5, 5.41) is 13.4. The molecule has 0 radical (unpaired) electrons. The van der Waals surface area contributed by atoms with Crippen LogP contribution in [0.1, 0.15) is 32.1 Å². The van der Waals surface area contributed by atoms with E-state index in [1.54, 1.807) is 19.0 Å². The number of rotatable bonds is 4. The van der Waals surface area contributed by atoms with Gasteiger partial charge in [0.25, 0.3) is 0 Å². The highest BCUT2D eigenvalue weighted by molar-refractivity contribution is 5.42. The molecule has 1 saturated carbocycles. The Kier molecular flexibility index (Phi) is 4.19. The van der Waals surface area contributed by atoms with E-state index in [2.05, 4.69) is 15.3 Å². The summed E-state index contributed by atoms with van der Waals surface area (Å²) in [6.45, 7) is 0.408. The van der Waals surface area contributed by atoms with Crippen LogP contribution in [0.2, 0.25) is 0 Å². The van der Waals surface area contributed by atoms with Gasteiger partial charge in [-0.3, -0.25) is 0 Å². The van der Waals surface area contributed by atoms with E-state index in [1.165, 1.54) is 6.42 Å². The van der Waals surface area contributed by atoms with Crippen LogP contribution in [-0.4, -0.2) is 41.3 Å². The molecule has 106 valence electrons. The van der Waals surface area contributed by atoms with Crippen molar-refractivity contribution < 1.29 is 9.50 Å². The summed E-state index contributed by atoms with van der Waals surface area (Å²) in [7, 11) is 3.45. The van der Waals surface area contributed by atoms with Crippen molar-refractivity contribution >= 4 is 11.8 Å². The minimum atomic E-state index is -0.686. The molecule has 1 aromatic rings. The molecule has 0 bridgehead atoms. The van der Waals surface area contributed by atoms with Gasteiger partial charge < -0.3 is 15.3 Å². The van der Waals surface area contributed by atoms with Gasteiger partial charge in [-0.15, -0.1) is 0 Å². The Morgan fingerprint density at radius 1 is 1.37 bits per heavy atom. The number of halogens is 1. The molecule has 0 saturated heterocycles. The Morgan fingerprint density at radius 3 is 2.68 bits per heavy atom. The summed E-state index contributed by atoms with van der Waals surface area (Å²) in [6, 6.07) is 0. The normalized spacial score (nSPS) is 18.1. The second-order valence-electron chi connectivity index (χ2n) is 5.40. The van der Waals surface area contributed by atoms with Crippen LogP contribution in [0.15, 0.2) is 6.20 Å². The van der Waals surface area contributed by atoms with E-state index in [0.29, 0.717) is 12.5 Å². The number of hydrogen-bond acceptors (Lipinski definition) is 5. The number of aliphatic hydroxyl groups is 1. The minimum Gasteiger partial charge on any atom is -0.388 e. The van der Waals surface area contributed by atoms with E-state index >= 15 is 0 Å². The smallest absolute Gasteiger partial charge is 0.224 e. The first-order chi connectivity index (χ1) is 9.00. The SMILES string of the molecule is CN(C)c1nc(NCC2(O)CCCCC2)ncc1F. The maximum Gasteiger partial charge on any atom is 0.224 e. The van der Waals surface area contributed by atoms with Crippen molar-refractivity contribution in [3.63, 3.8) is 0 Å². The Balaban J connectivity index is 2.01. The number of anilines is 2. The lowest BCUT2D eigenvalue weighted by molar-refractivity contribution is 0.0166. The van der Waals surface area contributed by atoms with E-state index in [-0.39, 0.29) is 5.82 Å². The standard InChI is InChI=1S/C13H21FN4O/c1-18(2)11-10(14)8-15-12(17-11)16-9-13(19)6-4-3-5-7-13/h8,19H,3-7,9H2,1-2H3,(H,15,16,17). The summed E-state index contributed by atoms with van der Waals surface area (Å²) in [5.74, 6) is 0.143. The lowest BCUT2D eigenvalue weighted by Gasteiger charge is -2.32. The quantitative estimate of drug-likeness (QED) is 0.871. The lowest BCUT2D eigenvalue weighted by Crippen LogP contribution is -2.39. The topological polar surface area (TPSA) is 61.3 Å². The van der Waals surface area contributed by atoms with Gasteiger partial charge in [-0.25, -0.2) is 9.37 Å². The van der Waals surface area contributed by atoms with Gasteiger partial charge in [0.05, 0.1) is 11.8 Å². The third kappa shape index (κ3) is 3.53. The summed E-state index contributed by atoms with van der Waals surface area (Å²) >= 11 is 0. The molecule has 1 fully saturated rings. The van der Waals surface area contributed by atoms with Crippen LogP contribution in [0.4, 0.5) is 16.2 Å². The number of aromatic nitrogens is 2. The van der Waals surface area contributed by atoms with Crippen LogP contribution < -0.4 is 10.2 Å². The maximum atomic E-state index is 13.4.